The molecule has 0 bridgehead atoms. The first kappa shape index (κ1) is 19.8. The molecule has 6 heteroatoms. The minimum atomic E-state index is 0.219. The first-order valence-electron chi connectivity index (χ1n) is 10.7. The largest absolute Gasteiger partial charge is 0.454 e. The van der Waals surface area contributed by atoms with Crippen LogP contribution < -0.4 is 9.47 Å². The van der Waals surface area contributed by atoms with Crippen LogP contribution in [0.2, 0.25) is 0 Å². The average molecular weight is 398 g/mol. The van der Waals surface area contributed by atoms with E-state index in [0.717, 1.165) is 34.0 Å². The molecule has 1 amide bonds. The van der Waals surface area contributed by atoms with Crippen molar-refractivity contribution in [1.82, 2.24) is 14.7 Å². The van der Waals surface area contributed by atoms with Gasteiger partial charge in [-0.1, -0.05) is 31.4 Å². The van der Waals surface area contributed by atoms with Crippen molar-refractivity contribution in [2.75, 3.05) is 6.79 Å². The number of benzene rings is 1. The predicted molar refractivity (Wildman–Crippen MR) is 111 cm³/mol. The molecule has 1 aromatic carbocycles. The summed E-state index contributed by atoms with van der Waals surface area (Å²) in [6.07, 6.45) is 6.76. The summed E-state index contributed by atoms with van der Waals surface area (Å²) in [6.45, 7) is 5.41. The van der Waals surface area contributed by atoms with E-state index in [9.17, 15) is 4.79 Å². The number of nitrogens with zero attached hydrogens (tertiary/aromatic N) is 3. The number of rotatable bonds is 6. The molecule has 0 atom stereocenters. The Bertz CT molecular complexity index is 884. The Hall–Kier alpha value is -2.50. The molecule has 0 spiro atoms. The van der Waals surface area contributed by atoms with Crippen molar-refractivity contribution in [3.8, 4) is 11.5 Å². The molecule has 1 aliphatic carbocycles. The molecule has 0 saturated heterocycles. The highest BCUT2D eigenvalue weighted by atomic mass is 16.7. The molecule has 1 fully saturated rings. The van der Waals surface area contributed by atoms with Crippen molar-refractivity contribution in [3.05, 3.63) is 40.7 Å². The highest BCUT2D eigenvalue weighted by Gasteiger charge is 2.26. The van der Waals surface area contributed by atoms with Crippen molar-refractivity contribution in [1.29, 1.82) is 0 Å². The quantitative estimate of drug-likeness (QED) is 0.731. The van der Waals surface area contributed by atoms with E-state index >= 15 is 0 Å². The van der Waals surface area contributed by atoms with Gasteiger partial charge in [0.15, 0.2) is 11.5 Å². The number of para-hydroxylation sites is 1. The fourth-order valence-corrected chi connectivity index (χ4v) is 4.56. The molecular weight excluding hydrogens is 366 g/mol. The Morgan fingerprint density at radius 3 is 2.69 bits per heavy atom. The van der Waals surface area contributed by atoms with Gasteiger partial charge in [0.2, 0.25) is 12.7 Å². The normalized spacial score (nSPS) is 16.2. The summed E-state index contributed by atoms with van der Waals surface area (Å²) in [5, 5.41) is 4.54. The SMILES string of the molecule is Cc1nn(C)c(C)c1CN(Cc1cccc2c1OCO2)C(=O)CC1CCCCC1. The van der Waals surface area contributed by atoms with Crippen molar-refractivity contribution in [3.63, 3.8) is 0 Å². The first-order valence-corrected chi connectivity index (χ1v) is 10.7. The molecule has 0 N–H and O–H groups in total. The molecule has 2 aliphatic rings. The van der Waals surface area contributed by atoms with Crippen LogP contribution in [0.15, 0.2) is 18.2 Å². The number of fused-ring (bicyclic) bond motifs is 1. The Labute approximate surface area is 172 Å². The minimum Gasteiger partial charge on any atom is -0.454 e. The highest BCUT2D eigenvalue weighted by Crippen LogP contribution is 2.36. The van der Waals surface area contributed by atoms with E-state index in [0.29, 0.717) is 25.4 Å². The number of hydrogen-bond donors (Lipinski definition) is 0. The third kappa shape index (κ3) is 4.26. The average Bonchev–Trinajstić information content (AvgIpc) is 3.29. The summed E-state index contributed by atoms with van der Waals surface area (Å²) in [6, 6.07) is 5.90. The number of carbonyl (C=O) groups is 1. The zero-order valence-electron chi connectivity index (χ0n) is 17.7. The van der Waals surface area contributed by atoms with Gasteiger partial charge in [0, 0.05) is 43.4 Å². The third-order valence-corrected chi connectivity index (χ3v) is 6.39. The van der Waals surface area contributed by atoms with Crippen molar-refractivity contribution in [2.45, 2.75) is 65.5 Å². The van der Waals surface area contributed by atoms with Gasteiger partial charge in [-0.2, -0.15) is 5.10 Å². The third-order valence-electron chi connectivity index (χ3n) is 6.39. The maximum absolute atomic E-state index is 13.4. The van der Waals surface area contributed by atoms with E-state index in [1.54, 1.807) is 0 Å². The molecule has 0 unspecified atom stereocenters. The van der Waals surface area contributed by atoms with Gasteiger partial charge in [-0.25, -0.2) is 0 Å². The molecule has 1 saturated carbocycles. The number of carbonyl (C=O) groups excluding carboxylic acids is 1. The second-order valence-electron chi connectivity index (χ2n) is 8.38. The Kier molecular flexibility index (Phi) is 5.79. The van der Waals surface area contributed by atoms with Crippen molar-refractivity contribution in [2.24, 2.45) is 13.0 Å². The lowest BCUT2D eigenvalue weighted by Crippen LogP contribution is -2.32. The second kappa shape index (κ2) is 8.47. The number of amides is 1. The highest BCUT2D eigenvalue weighted by molar-refractivity contribution is 5.76. The zero-order chi connectivity index (χ0) is 20.4. The molecule has 0 radical (unpaired) electrons. The Balaban J connectivity index is 1.58. The van der Waals surface area contributed by atoms with Gasteiger partial charge in [-0.05, 0) is 38.7 Å². The minimum absolute atomic E-state index is 0.219. The van der Waals surface area contributed by atoms with Gasteiger partial charge in [-0.3, -0.25) is 9.48 Å². The molecular formula is C23H31N3O3. The standard InChI is InChI=1S/C23H31N3O3/c1-16-20(17(2)25(3)24-16)14-26(22(27)12-18-8-5-4-6-9-18)13-19-10-7-11-21-23(19)29-15-28-21/h7,10-11,18H,4-6,8-9,12-15H2,1-3H3. The van der Waals surface area contributed by atoms with Crippen LogP contribution in [0.5, 0.6) is 11.5 Å². The zero-order valence-corrected chi connectivity index (χ0v) is 17.7. The van der Waals surface area contributed by atoms with E-state index in [1.165, 1.54) is 32.1 Å². The number of ether oxygens (including phenoxy) is 2. The van der Waals surface area contributed by atoms with Gasteiger partial charge in [0.25, 0.3) is 0 Å². The van der Waals surface area contributed by atoms with Crippen LogP contribution in [-0.4, -0.2) is 27.4 Å². The van der Waals surface area contributed by atoms with Gasteiger partial charge in [0.05, 0.1) is 5.69 Å². The van der Waals surface area contributed by atoms with Crippen LogP contribution >= 0.6 is 0 Å². The van der Waals surface area contributed by atoms with Crippen molar-refractivity contribution >= 4 is 5.91 Å². The topological polar surface area (TPSA) is 56.6 Å². The van der Waals surface area contributed by atoms with E-state index < -0.39 is 0 Å². The second-order valence-corrected chi connectivity index (χ2v) is 8.38. The fourth-order valence-electron chi connectivity index (χ4n) is 4.56. The Morgan fingerprint density at radius 1 is 1.17 bits per heavy atom. The summed E-state index contributed by atoms with van der Waals surface area (Å²) in [5.74, 6) is 2.26. The molecule has 2 aromatic rings. The summed E-state index contributed by atoms with van der Waals surface area (Å²) in [4.78, 5) is 15.4. The number of hydrogen-bond acceptors (Lipinski definition) is 4. The lowest BCUT2D eigenvalue weighted by Gasteiger charge is -2.27. The molecule has 29 heavy (non-hydrogen) atoms. The molecule has 156 valence electrons. The summed E-state index contributed by atoms with van der Waals surface area (Å²) >= 11 is 0. The van der Waals surface area contributed by atoms with Gasteiger partial charge < -0.3 is 14.4 Å². The lowest BCUT2D eigenvalue weighted by molar-refractivity contribution is -0.133. The first-order chi connectivity index (χ1) is 14.0. The van der Waals surface area contributed by atoms with Crippen LogP contribution in [0.25, 0.3) is 0 Å². The van der Waals surface area contributed by atoms with Crippen LogP contribution in [0.4, 0.5) is 0 Å². The smallest absolute Gasteiger partial charge is 0.231 e. The number of aryl methyl sites for hydroxylation is 2. The van der Waals surface area contributed by atoms with E-state index in [2.05, 4.69) is 12.0 Å². The maximum Gasteiger partial charge on any atom is 0.231 e. The predicted octanol–water partition coefficient (Wildman–Crippen LogP) is 4.26. The van der Waals surface area contributed by atoms with E-state index in [-0.39, 0.29) is 12.7 Å². The monoisotopic (exact) mass is 397 g/mol. The Morgan fingerprint density at radius 2 is 1.97 bits per heavy atom. The fraction of sp³-hybridized carbons (Fsp3) is 0.565. The van der Waals surface area contributed by atoms with Crippen molar-refractivity contribution < 1.29 is 14.3 Å². The molecule has 1 aliphatic heterocycles. The van der Waals surface area contributed by atoms with E-state index in [4.69, 9.17) is 9.47 Å². The summed E-state index contributed by atoms with van der Waals surface area (Å²) < 4.78 is 13.1. The van der Waals surface area contributed by atoms with Crippen LogP contribution in [0.1, 0.15) is 61.0 Å². The number of aromatic nitrogens is 2. The molecule has 2 heterocycles. The van der Waals surface area contributed by atoms with Crippen LogP contribution in [-0.2, 0) is 24.9 Å². The van der Waals surface area contributed by atoms with Gasteiger partial charge >= 0.3 is 0 Å². The molecule has 4 rings (SSSR count). The molecule has 6 nitrogen and oxygen atoms in total. The molecule has 1 aromatic heterocycles. The van der Waals surface area contributed by atoms with Crippen LogP contribution in [0.3, 0.4) is 0 Å². The van der Waals surface area contributed by atoms with Gasteiger partial charge in [-0.15, -0.1) is 0 Å². The summed E-state index contributed by atoms with van der Waals surface area (Å²) in [7, 11) is 1.95. The lowest BCUT2D eigenvalue weighted by atomic mass is 9.86. The maximum atomic E-state index is 13.4. The van der Waals surface area contributed by atoms with Gasteiger partial charge in [0.1, 0.15) is 0 Å². The summed E-state index contributed by atoms with van der Waals surface area (Å²) in [5.41, 5.74) is 4.22. The van der Waals surface area contributed by atoms with Crippen LogP contribution in [0, 0.1) is 19.8 Å². The van der Waals surface area contributed by atoms with E-state index in [1.807, 2.05) is 41.8 Å².